The molecule has 2 fully saturated rings. The molecule has 0 N–H and O–H groups in total. The molecule has 0 aromatic rings. The fourth-order valence-corrected chi connectivity index (χ4v) is 3.29. The van der Waals surface area contributed by atoms with Gasteiger partial charge in [0, 0.05) is 0 Å². The van der Waals surface area contributed by atoms with Crippen LogP contribution in [0.4, 0.5) is 0 Å². The minimum atomic E-state index is 0.795. The maximum Gasteiger partial charge on any atom is -0.0171 e. The number of hydrogen-bond acceptors (Lipinski definition) is 0. The minimum Gasteiger partial charge on any atom is -0.0996 e. The van der Waals surface area contributed by atoms with Crippen LogP contribution in [0.15, 0.2) is 24.3 Å². The molecule has 4 atom stereocenters. The molecule has 0 amide bonds. The molecule has 0 unspecified atom stereocenters. The molecular weight excluding hydrogens is 156 g/mol. The Morgan fingerprint density at radius 1 is 0.923 bits per heavy atom. The van der Waals surface area contributed by atoms with E-state index in [2.05, 4.69) is 27.0 Å². The summed E-state index contributed by atoms with van der Waals surface area (Å²) >= 11 is 0. The summed E-state index contributed by atoms with van der Waals surface area (Å²) in [6, 6.07) is 0. The molecule has 0 spiro atoms. The molecule has 0 aromatic heterocycles. The molecule has 0 heterocycles. The van der Waals surface area contributed by atoms with E-state index >= 15 is 0 Å². The van der Waals surface area contributed by atoms with Gasteiger partial charge in [0.05, 0.1) is 0 Å². The van der Waals surface area contributed by atoms with Crippen molar-refractivity contribution in [2.45, 2.75) is 33.1 Å². The third-order valence-corrected chi connectivity index (χ3v) is 4.10. The summed E-state index contributed by atoms with van der Waals surface area (Å²) in [7, 11) is 0. The maximum absolute atomic E-state index is 4.23. The van der Waals surface area contributed by atoms with E-state index in [9.17, 15) is 0 Å². The first-order valence-corrected chi connectivity index (χ1v) is 5.45. The van der Waals surface area contributed by atoms with Crippen molar-refractivity contribution < 1.29 is 0 Å². The number of rotatable bonds is 0. The Bertz CT molecular complexity index is 223. The Morgan fingerprint density at radius 3 is 1.69 bits per heavy atom. The molecular formula is C13H20. The lowest BCUT2D eigenvalue weighted by molar-refractivity contribution is 0.188. The highest BCUT2D eigenvalue weighted by Crippen LogP contribution is 2.49. The van der Waals surface area contributed by atoms with Crippen molar-refractivity contribution in [3.63, 3.8) is 0 Å². The lowest BCUT2D eigenvalue weighted by Crippen LogP contribution is -2.34. The molecule has 13 heavy (non-hydrogen) atoms. The lowest BCUT2D eigenvalue weighted by Gasteiger charge is -2.45. The van der Waals surface area contributed by atoms with Crippen LogP contribution in [0, 0.1) is 23.7 Å². The molecule has 2 bridgehead atoms. The average molecular weight is 176 g/mol. The van der Waals surface area contributed by atoms with Crippen LogP contribution in [0.2, 0.25) is 0 Å². The van der Waals surface area contributed by atoms with Crippen LogP contribution in [0.25, 0.3) is 0 Å². The summed E-state index contributed by atoms with van der Waals surface area (Å²) in [6.45, 7) is 13.2. The van der Waals surface area contributed by atoms with Crippen molar-refractivity contribution in [2.75, 3.05) is 0 Å². The van der Waals surface area contributed by atoms with Crippen molar-refractivity contribution in [3.8, 4) is 0 Å². The largest absolute Gasteiger partial charge is 0.0996 e. The summed E-state index contributed by atoms with van der Waals surface area (Å²) in [6.07, 6.45) is 3.80. The zero-order valence-electron chi connectivity index (χ0n) is 8.84. The molecule has 72 valence electrons. The first-order chi connectivity index (χ1) is 6.09. The summed E-state index contributed by atoms with van der Waals surface area (Å²) in [5, 5.41) is 0. The first kappa shape index (κ1) is 9.05. The summed E-state index contributed by atoms with van der Waals surface area (Å²) in [5.41, 5.74) is 3.01. The molecule has 0 aliphatic heterocycles. The lowest BCUT2D eigenvalue weighted by atomic mass is 9.60. The molecule has 2 aliphatic rings. The number of fused-ring (bicyclic) bond motifs is 2. The topological polar surface area (TPSA) is 0 Å². The van der Waals surface area contributed by atoms with Gasteiger partial charge in [-0.2, -0.15) is 0 Å². The van der Waals surface area contributed by atoms with Crippen molar-refractivity contribution in [1.82, 2.24) is 0 Å². The molecule has 0 nitrogen and oxygen atoms in total. The SMILES string of the molecule is C=C1C[C@@H](C)[C@@H]2C[C@H]1[C@H](C)CC2=C. The fourth-order valence-electron chi connectivity index (χ4n) is 3.29. The minimum absolute atomic E-state index is 0.795. The van der Waals surface area contributed by atoms with Crippen LogP contribution in [-0.4, -0.2) is 0 Å². The first-order valence-electron chi connectivity index (χ1n) is 5.45. The summed E-state index contributed by atoms with van der Waals surface area (Å²) in [5.74, 6) is 3.19. The van der Waals surface area contributed by atoms with Gasteiger partial charge in [-0.05, 0) is 42.9 Å². The van der Waals surface area contributed by atoms with Gasteiger partial charge >= 0.3 is 0 Å². The molecule has 2 saturated carbocycles. The third kappa shape index (κ3) is 1.37. The van der Waals surface area contributed by atoms with E-state index < -0.39 is 0 Å². The second-order valence-electron chi connectivity index (χ2n) is 5.13. The Hall–Kier alpha value is -0.520. The Labute approximate surface area is 81.7 Å². The van der Waals surface area contributed by atoms with Gasteiger partial charge in [-0.15, -0.1) is 0 Å². The molecule has 0 saturated heterocycles. The second-order valence-corrected chi connectivity index (χ2v) is 5.13. The highest BCUT2D eigenvalue weighted by atomic mass is 14.4. The van der Waals surface area contributed by atoms with E-state index in [4.69, 9.17) is 0 Å². The van der Waals surface area contributed by atoms with E-state index in [1.165, 1.54) is 30.4 Å². The Kier molecular flexibility index (Phi) is 2.09. The standard InChI is InChI=1S/C13H20/c1-8-5-9(2)13-7-12(8)10(3)6-11(13)4/h9-10,12-13H,1,4-7H2,2-3H3/t9-,10-,12-,13+/m1/s1. The van der Waals surface area contributed by atoms with Crippen molar-refractivity contribution in [3.05, 3.63) is 24.3 Å². The molecule has 2 rings (SSSR count). The molecule has 0 heteroatoms. The number of allylic oxidation sites excluding steroid dienone is 2. The third-order valence-electron chi connectivity index (χ3n) is 4.10. The van der Waals surface area contributed by atoms with E-state index in [0.717, 1.165) is 23.7 Å². The van der Waals surface area contributed by atoms with Crippen LogP contribution in [-0.2, 0) is 0 Å². The summed E-state index contributed by atoms with van der Waals surface area (Å²) < 4.78 is 0. The van der Waals surface area contributed by atoms with E-state index in [0.29, 0.717) is 0 Å². The van der Waals surface area contributed by atoms with Gasteiger partial charge in [-0.25, -0.2) is 0 Å². The van der Waals surface area contributed by atoms with Gasteiger partial charge in [0.2, 0.25) is 0 Å². The van der Waals surface area contributed by atoms with Crippen LogP contribution in [0.3, 0.4) is 0 Å². The quantitative estimate of drug-likeness (QED) is 0.492. The predicted molar refractivity (Wildman–Crippen MR) is 57.4 cm³/mol. The second kappa shape index (κ2) is 3.01. The van der Waals surface area contributed by atoms with Crippen LogP contribution in [0.1, 0.15) is 33.1 Å². The zero-order chi connectivity index (χ0) is 9.59. The average Bonchev–Trinajstić information content (AvgIpc) is 2.02. The Morgan fingerprint density at radius 2 is 1.31 bits per heavy atom. The van der Waals surface area contributed by atoms with Crippen molar-refractivity contribution >= 4 is 0 Å². The molecule has 0 aromatic carbocycles. The van der Waals surface area contributed by atoms with Crippen molar-refractivity contribution in [2.24, 2.45) is 23.7 Å². The van der Waals surface area contributed by atoms with Crippen LogP contribution < -0.4 is 0 Å². The van der Waals surface area contributed by atoms with E-state index in [-0.39, 0.29) is 0 Å². The highest BCUT2D eigenvalue weighted by Gasteiger charge is 2.38. The van der Waals surface area contributed by atoms with Crippen LogP contribution >= 0.6 is 0 Å². The predicted octanol–water partition coefficient (Wildman–Crippen LogP) is 3.80. The zero-order valence-corrected chi connectivity index (χ0v) is 8.84. The molecule has 0 radical (unpaired) electrons. The van der Waals surface area contributed by atoms with Crippen LogP contribution in [0.5, 0.6) is 0 Å². The molecule has 2 aliphatic carbocycles. The van der Waals surface area contributed by atoms with Crippen molar-refractivity contribution in [1.29, 1.82) is 0 Å². The monoisotopic (exact) mass is 176 g/mol. The normalized spacial score (nSPS) is 45.1. The fraction of sp³-hybridized carbons (Fsp3) is 0.692. The maximum atomic E-state index is 4.23. The number of hydrogen-bond donors (Lipinski definition) is 0. The Balaban J connectivity index is 2.23. The van der Waals surface area contributed by atoms with Gasteiger partial charge in [-0.1, -0.05) is 38.2 Å². The van der Waals surface area contributed by atoms with Gasteiger partial charge in [0.25, 0.3) is 0 Å². The summed E-state index contributed by atoms with van der Waals surface area (Å²) in [4.78, 5) is 0. The smallest absolute Gasteiger partial charge is 0.0171 e. The van der Waals surface area contributed by atoms with Gasteiger partial charge in [-0.3, -0.25) is 0 Å². The van der Waals surface area contributed by atoms with E-state index in [1.807, 2.05) is 0 Å². The van der Waals surface area contributed by atoms with Gasteiger partial charge in [0.15, 0.2) is 0 Å². The van der Waals surface area contributed by atoms with E-state index in [1.54, 1.807) is 0 Å². The van der Waals surface area contributed by atoms with Gasteiger partial charge in [0.1, 0.15) is 0 Å². The van der Waals surface area contributed by atoms with Gasteiger partial charge < -0.3 is 0 Å². The highest BCUT2D eigenvalue weighted by molar-refractivity contribution is 5.19.